The van der Waals surface area contributed by atoms with Crippen LogP contribution < -0.4 is 5.32 Å². The molecule has 1 heterocycles. The minimum absolute atomic E-state index is 0.0202. The van der Waals surface area contributed by atoms with E-state index >= 15 is 0 Å². The Morgan fingerprint density at radius 3 is 2.53 bits per heavy atom. The van der Waals surface area contributed by atoms with Crippen LogP contribution in [0.5, 0.6) is 0 Å². The lowest BCUT2D eigenvalue weighted by atomic mass is 10.2. The lowest BCUT2D eigenvalue weighted by Gasteiger charge is -2.13. The molecule has 0 aliphatic heterocycles. The van der Waals surface area contributed by atoms with Gasteiger partial charge in [0.1, 0.15) is 0 Å². The van der Waals surface area contributed by atoms with Crippen molar-refractivity contribution in [3.05, 3.63) is 17.5 Å². The molecule has 1 unspecified atom stereocenters. The number of aromatic nitrogens is 2. The molecule has 0 spiro atoms. The fraction of sp³-hybridized carbons (Fsp3) is 0.700. The maximum Gasteiger partial charge on any atom is 0.419 e. The van der Waals surface area contributed by atoms with Crippen molar-refractivity contribution < 1.29 is 21.6 Å². The Morgan fingerprint density at radius 1 is 1.47 bits per heavy atom. The number of nitrogens with zero attached hydrogens (tertiary/aromatic N) is 2. The van der Waals surface area contributed by atoms with Gasteiger partial charge in [0.25, 0.3) is 0 Å². The third-order valence-corrected chi connectivity index (χ3v) is 4.45. The lowest BCUT2D eigenvalue weighted by Crippen LogP contribution is -2.31. The first-order valence-corrected chi connectivity index (χ1v) is 7.46. The highest BCUT2D eigenvalue weighted by atomic mass is 32.2. The molecule has 0 aliphatic rings. The highest BCUT2D eigenvalue weighted by Gasteiger charge is 2.35. The number of halogens is 3. The van der Waals surface area contributed by atoms with Gasteiger partial charge in [-0.2, -0.15) is 18.3 Å². The molecule has 9 heteroatoms. The van der Waals surface area contributed by atoms with Gasteiger partial charge in [-0.25, -0.2) is 8.42 Å². The Bertz CT molecular complexity index is 537. The van der Waals surface area contributed by atoms with E-state index in [1.807, 2.05) is 0 Å². The van der Waals surface area contributed by atoms with E-state index in [1.165, 1.54) is 14.0 Å². The van der Waals surface area contributed by atoms with Crippen LogP contribution in [0.1, 0.15) is 18.2 Å². The van der Waals surface area contributed by atoms with Crippen LogP contribution in [0.15, 0.2) is 6.20 Å². The maximum atomic E-state index is 12.7. The molecule has 1 aromatic rings. The third-order valence-electron chi connectivity index (χ3n) is 2.82. The van der Waals surface area contributed by atoms with Crippen LogP contribution >= 0.6 is 0 Å². The van der Waals surface area contributed by atoms with Gasteiger partial charge in [-0.3, -0.25) is 4.68 Å². The molecule has 0 saturated heterocycles. The SMILES string of the molecule is CC(CNCc1c(C(F)(F)F)cnn1C)S(C)(=O)=O. The van der Waals surface area contributed by atoms with Crippen molar-refractivity contribution in [1.29, 1.82) is 0 Å². The van der Waals surface area contributed by atoms with Crippen molar-refractivity contribution in [3.8, 4) is 0 Å². The Kier molecular flexibility index (Phi) is 4.62. The van der Waals surface area contributed by atoms with Gasteiger partial charge in [-0.15, -0.1) is 0 Å². The normalized spacial score (nSPS) is 14.6. The fourth-order valence-electron chi connectivity index (χ4n) is 1.45. The Hall–Kier alpha value is -1.09. The number of hydrogen-bond donors (Lipinski definition) is 1. The van der Waals surface area contributed by atoms with Crippen LogP contribution in [0.2, 0.25) is 0 Å². The van der Waals surface area contributed by atoms with Gasteiger partial charge in [0.05, 0.1) is 22.7 Å². The number of nitrogens with one attached hydrogen (secondary N) is 1. The van der Waals surface area contributed by atoms with Crippen LogP contribution in [-0.4, -0.2) is 36.2 Å². The van der Waals surface area contributed by atoms with Gasteiger partial charge in [0, 0.05) is 26.4 Å². The number of hydrogen-bond acceptors (Lipinski definition) is 4. The van der Waals surface area contributed by atoms with Crippen molar-refractivity contribution in [3.63, 3.8) is 0 Å². The molecular formula is C10H16F3N3O2S. The standard InChI is InChI=1S/C10H16F3N3O2S/c1-7(19(3,17)18)4-14-6-9-8(10(11,12)13)5-15-16(9)2/h5,7,14H,4,6H2,1-3H3. The van der Waals surface area contributed by atoms with E-state index in [4.69, 9.17) is 0 Å². The van der Waals surface area contributed by atoms with E-state index in [2.05, 4.69) is 10.4 Å². The second-order valence-electron chi connectivity index (χ2n) is 4.40. The Morgan fingerprint density at radius 2 is 2.05 bits per heavy atom. The van der Waals surface area contributed by atoms with Crippen molar-refractivity contribution in [2.45, 2.75) is 24.9 Å². The third kappa shape index (κ3) is 4.20. The average Bonchev–Trinajstić information content (AvgIpc) is 2.58. The molecule has 110 valence electrons. The minimum atomic E-state index is -4.46. The fourth-order valence-corrected chi connectivity index (χ4v) is 1.88. The van der Waals surface area contributed by atoms with Crippen LogP contribution in [0.4, 0.5) is 13.2 Å². The number of rotatable bonds is 5. The zero-order valence-electron chi connectivity index (χ0n) is 10.8. The Balaban J connectivity index is 2.72. The molecule has 0 radical (unpaired) electrons. The van der Waals surface area contributed by atoms with Crippen LogP contribution in [-0.2, 0) is 29.6 Å². The van der Waals surface area contributed by atoms with Gasteiger partial charge in [-0.05, 0) is 6.92 Å². The summed E-state index contributed by atoms with van der Waals surface area (Å²) in [5, 5.41) is 5.62. The minimum Gasteiger partial charge on any atom is -0.310 e. The first kappa shape index (κ1) is 16.0. The van der Waals surface area contributed by atoms with Crippen molar-refractivity contribution in [2.75, 3.05) is 12.8 Å². The van der Waals surface area contributed by atoms with E-state index in [-0.39, 0.29) is 18.8 Å². The molecule has 0 aliphatic carbocycles. The van der Waals surface area contributed by atoms with Crippen molar-refractivity contribution >= 4 is 9.84 Å². The van der Waals surface area contributed by atoms with E-state index < -0.39 is 26.8 Å². The highest BCUT2D eigenvalue weighted by Crippen LogP contribution is 2.31. The van der Waals surface area contributed by atoms with Crippen molar-refractivity contribution in [1.82, 2.24) is 15.1 Å². The van der Waals surface area contributed by atoms with Crippen molar-refractivity contribution in [2.24, 2.45) is 7.05 Å². The summed E-state index contributed by atoms with van der Waals surface area (Å²) >= 11 is 0. The molecule has 0 saturated carbocycles. The average molecular weight is 299 g/mol. The molecule has 0 amide bonds. The first-order chi connectivity index (χ1) is 8.53. The molecule has 19 heavy (non-hydrogen) atoms. The quantitative estimate of drug-likeness (QED) is 0.879. The predicted octanol–water partition coefficient (Wildman–Crippen LogP) is 0.962. The van der Waals surface area contributed by atoms with Gasteiger partial charge in [0.2, 0.25) is 0 Å². The summed E-state index contributed by atoms with van der Waals surface area (Å²) in [6, 6.07) is 0. The molecule has 1 N–H and O–H groups in total. The molecule has 5 nitrogen and oxygen atoms in total. The summed E-state index contributed by atoms with van der Waals surface area (Å²) in [6.45, 7) is 1.49. The number of sulfone groups is 1. The largest absolute Gasteiger partial charge is 0.419 e. The summed E-state index contributed by atoms with van der Waals surface area (Å²) in [4.78, 5) is 0. The molecule has 1 rings (SSSR count). The lowest BCUT2D eigenvalue weighted by molar-refractivity contribution is -0.138. The van der Waals surface area contributed by atoms with E-state index in [9.17, 15) is 21.6 Å². The maximum absolute atomic E-state index is 12.7. The van der Waals surface area contributed by atoms with E-state index in [0.717, 1.165) is 17.1 Å². The zero-order valence-corrected chi connectivity index (χ0v) is 11.6. The predicted molar refractivity (Wildman–Crippen MR) is 64.2 cm³/mol. The van der Waals surface area contributed by atoms with Gasteiger partial charge < -0.3 is 5.32 Å². The number of alkyl halides is 3. The second-order valence-corrected chi connectivity index (χ2v) is 6.86. The smallest absolute Gasteiger partial charge is 0.310 e. The summed E-state index contributed by atoms with van der Waals surface area (Å²) < 4.78 is 61.5. The molecular weight excluding hydrogens is 283 g/mol. The monoisotopic (exact) mass is 299 g/mol. The highest BCUT2D eigenvalue weighted by molar-refractivity contribution is 7.91. The van der Waals surface area contributed by atoms with Gasteiger partial charge >= 0.3 is 6.18 Å². The summed E-state index contributed by atoms with van der Waals surface area (Å²) in [7, 11) is -1.79. The van der Waals surface area contributed by atoms with Crippen LogP contribution in [0, 0.1) is 0 Å². The summed E-state index contributed by atoms with van der Waals surface area (Å²) in [5.41, 5.74) is -0.831. The zero-order chi connectivity index (χ0) is 14.8. The molecule has 0 aromatic carbocycles. The topological polar surface area (TPSA) is 64.0 Å². The number of aryl methyl sites for hydroxylation is 1. The van der Waals surface area contributed by atoms with E-state index in [1.54, 1.807) is 0 Å². The van der Waals surface area contributed by atoms with Gasteiger partial charge in [0.15, 0.2) is 9.84 Å². The van der Waals surface area contributed by atoms with Gasteiger partial charge in [-0.1, -0.05) is 0 Å². The molecule has 0 bridgehead atoms. The molecule has 1 atom stereocenters. The van der Waals surface area contributed by atoms with Crippen LogP contribution in [0.25, 0.3) is 0 Å². The molecule has 1 aromatic heterocycles. The molecule has 0 fully saturated rings. The summed E-state index contributed by atoms with van der Waals surface area (Å²) in [6.07, 6.45) is -2.62. The van der Waals surface area contributed by atoms with Crippen LogP contribution in [0.3, 0.4) is 0 Å². The first-order valence-electron chi connectivity index (χ1n) is 5.51. The summed E-state index contributed by atoms with van der Waals surface area (Å²) in [5.74, 6) is 0. The second kappa shape index (κ2) is 5.49. The Labute approximate surface area is 109 Å². The van der Waals surface area contributed by atoms with E-state index in [0.29, 0.717) is 0 Å².